The van der Waals surface area contributed by atoms with Crippen LogP contribution in [0.4, 0.5) is 0 Å². The van der Waals surface area contributed by atoms with E-state index in [0.29, 0.717) is 19.3 Å². The second-order valence-electron chi connectivity index (χ2n) is 19.9. The Morgan fingerprint density at radius 2 is 0.527 bits per heavy atom. The molecule has 0 aliphatic heterocycles. The zero-order valence-electron chi connectivity index (χ0n) is 48.1. The van der Waals surface area contributed by atoms with Crippen molar-refractivity contribution in [1.82, 2.24) is 0 Å². The first kappa shape index (κ1) is 69.8. The van der Waals surface area contributed by atoms with Crippen molar-refractivity contribution < 1.29 is 28.6 Å². The molecule has 1 unspecified atom stereocenters. The van der Waals surface area contributed by atoms with Crippen molar-refractivity contribution in [2.24, 2.45) is 0 Å². The molecule has 0 spiro atoms. The lowest BCUT2D eigenvalue weighted by atomic mass is 10.0. The molecule has 0 radical (unpaired) electrons. The van der Waals surface area contributed by atoms with E-state index in [1.165, 1.54) is 109 Å². The first-order valence-electron chi connectivity index (χ1n) is 30.5. The number of hydrogen-bond acceptors (Lipinski definition) is 6. The predicted octanol–water partition coefficient (Wildman–Crippen LogP) is 20.8. The molecular weight excluding hydrogens is 913 g/mol. The van der Waals surface area contributed by atoms with E-state index in [1.54, 1.807) is 0 Å². The Morgan fingerprint density at radius 1 is 0.284 bits per heavy atom. The first-order chi connectivity index (χ1) is 36.5. The van der Waals surface area contributed by atoms with Gasteiger partial charge in [0.05, 0.1) is 0 Å². The molecule has 0 N–H and O–H groups in total. The highest BCUT2D eigenvalue weighted by atomic mass is 16.6. The molecule has 0 aliphatic carbocycles. The third-order valence-electron chi connectivity index (χ3n) is 12.7. The summed E-state index contributed by atoms with van der Waals surface area (Å²) in [5.74, 6) is -0.934. The third-order valence-corrected chi connectivity index (χ3v) is 12.7. The quantitative estimate of drug-likeness (QED) is 0.0261. The van der Waals surface area contributed by atoms with Crippen molar-refractivity contribution >= 4 is 17.9 Å². The maximum Gasteiger partial charge on any atom is 0.306 e. The van der Waals surface area contributed by atoms with Crippen LogP contribution in [-0.2, 0) is 28.6 Å². The summed E-state index contributed by atoms with van der Waals surface area (Å²) >= 11 is 0. The van der Waals surface area contributed by atoms with Crippen LogP contribution in [-0.4, -0.2) is 37.2 Å². The van der Waals surface area contributed by atoms with Crippen LogP contribution in [0.5, 0.6) is 0 Å². The lowest BCUT2D eigenvalue weighted by Crippen LogP contribution is -2.30. The SMILES string of the molecule is CC/C=C\C/C=C\C/C=C\C/C=C\C/C=C\C/C=C\C/C=C\C/C=C\C/C=C\C/C=C\CCCCC(=O)OCC(COC(=O)CCCCCCCCCCCCC)OC(=O)CCCCCCCCCCCCCC. The average Bonchev–Trinajstić information content (AvgIpc) is 3.40. The Bertz CT molecular complexity index is 1550. The molecule has 0 aromatic rings. The number of ether oxygens (including phenoxy) is 3. The molecule has 1 atom stereocenters. The molecule has 6 heteroatoms. The molecule has 0 rings (SSSR count). The molecule has 74 heavy (non-hydrogen) atoms. The van der Waals surface area contributed by atoms with Crippen LogP contribution in [0.1, 0.15) is 271 Å². The fourth-order valence-corrected chi connectivity index (χ4v) is 8.18. The van der Waals surface area contributed by atoms with Crippen LogP contribution in [0.3, 0.4) is 0 Å². The molecule has 0 aromatic heterocycles. The van der Waals surface area contributed by atoms with Crippen LogP contribution in [0.15, 0.2) is 122 Å². The Kier molecular flexibility index (Phi) is 57.9. The highest BCUT2D eigenvalue weighted by molar-refractivity contribution is 5.71. The van der Waals surface area contributed by atoms with Gasteiger partial charge in [0.15, 0.2) is 6.10 Å². The smallest absolute Gasteiger partial charge is 0.306 e. The van der Waals surface area contributed by atoms with Gasteiger partial charge in [-0.05, 0) is 96.3 Å². The van der Waals surface area contributed by atoms with Gasteiger partial charge in [0.2, 0.25) is 0 Å². The van der Waals surface area contributed by atoms with Gasteiger partial charge in [0, 0.05) is 19.3 Å². The van der Waals surface area contributed by atoms with E-state index in [0.717, 1.165) is 122 Å². The van der Waals surface area contributed by atoms with E-state index in [4.69, 9.17) is 14.2 Å². The number of unbranched alkanes of at least 4 members (excludes halogenated alkanes) is 23. The lowest BCUT2D eigenvalue weighted by molar-refractivity contribution is -0.167. The number of esters is 3. The molecule has 420 valence electrons. The molecule has 0 saturated carbocycles. The minimum absolute atomic E-state index is 0.0898. The van der Waals surface area contributed by atoms with E-state index in [9.17, 15) is 14.4 Å². The maximum absolute atomic E-state index is 12.8. The van der Waals surface area contributed by atoms with Crippen molar-refractivity contribution in [3.63, 3.8) is 0 Å². The van der Waals surface area contributed by atoms with Gasteiger partial charge in [0.1, 0.15) is 13.2 Å². The second kappa shape index (κ2) is 61.4. The van der Waals surface area contributed by atoms with Crippen molar-refractivity contribution in [3.8, 4) is 0 Å². The highest BCUT2D eigenvalue weighted by Gasteiger charge is 2.19. The topological polar surface area (TPSA) is 78.9 Å². The Labute approximate surface area is 456 Å². The van der Waals surface area contributed by atoms with Gasteiger partial charge < -0.3 is 14.2 Å². The minimum atomic E-state index is -0.794. The van der Waals surface area contributed by atoms with Gasteiger partial charge in [-0.15, -0.1) is 0 Å². The molecule has 6 nitrogen and oxygen atoms in total. The summed E-state index contributed by atoms with van der Waals surface area (Å²) in [4.78, 5) is 38.1. The molecule has 0 aromatic carbocycles. The first-order valence-corrected chi connectivity index (χ1v) is 30.5. The van der Waals surface area contributed by atoms with Crippen LogP contribution in [0.25, 0.3) is 0 Å². The van der Waals surface area contributed by atoms with Gasteiger partial charge in [-0.25, -0.2) is 0 Å². The fraction of sp³-hybridized carbons (Fsp3) is 0.662. The number of rotatable bonds is 54. The molecule has 0 amide bonds. The van der Waals surface area contributed by atoms with Gasteiger partial charge in [-0.2, -0.15) is 0 Å². The highest BCUT2D eigenvalue weighted by Crippen LogP contribution is 2.15. The number of allylic oxidation sites excluding steroid dienone is 20. The van der Waals surface area contributed by atoms with Gasteiger partial charge in [0.25, 0.3) is 0 Å². The van der Waals surface area contributed by atoms with Crippen LogP contribution in [0, 0.1) is 0 Å². The molecule has 0 saturated heterocycles. The van der Waals surface area contributed by atoms with Crippen molar-refractivity contribution in [2.45, 2.75) is 277 Å². The van der Waals surface area contributed by atoms with E-state index in [1.807, 2.05) is 0 Å². The largest absolute Gasteiger partial charge is 0.462 e. The van der Waals surface area contributed by atoms with Crippen LogP contribution in [0.2, 0.25) is 0 Å². The van der Waals surface area contributed by atoms with Crippen LogP contribution < -0.4 is 0 Å². The molecule has 0 aliphatic rings. The molecular formula is C68H112O6. The number of carbonyl (C=O) groups excluding carboxylic acids is 3. The van der Waals surface area contributed by atoms with Crippen molar-refractivity contribution in [1.29, 1.82) is 0 Å². The summed E-state index contributed by atoms with van der Waals surface area (Å²) < 4.78 is 16.8. The van der Waals surface area contributed by atoms with E-state index in [-0.39, 0.29) is 31.1 Å². The lowest BCUT2D eigenvalue weighted by Gasteiger charge is -2.18. The monoisotopic (exact) mass is 1020 g/mol. The van der Waals surface area contributed by atoms with E-state index < -0.39 is 6.10 Å². The number of carbonyl (C=O) groups is 3. The Hall–Kier alpha value is -4.19. The maximum atomic E-state index is 12.8. The summed E-state index contributed by atoms with van der Waals surface area (Å²) in [6.45, 7) is 6.48. The van der Waals surface area contributed by atoms with Crippen molar-refractivity contribution in [3.05, 3.63) is 122 Å². The summed E-state index contributed by atoms with van der Waals surface area (Å²) in [5, 5.41) is 0. The summed E-state index contributed by atoms with van der Waals surface area (Å²) in [7, 11) is 0. The fourth-order valence-electron chi connectivity index (χ4n) is 8.18. The Balaban J connectivity index is 4.30. The van der Waals surface area contributed by atoms with Crippen LogP contribution >= 0.6 is 0 Å². The Morgan fingerprint density at radius 3 is 0.824 bits per heavy atom. The third kappa shape index (κ3) is 58.7. The summed E-state index contributed by atoms with van der Waals surface area (Å²) in [6.07, 6.45) is 84.9. The van der Waals surface area contributed by atoms with Gasteiger partial charge in [-0.3, -0.25) is 14.4 Å². The zero-order valence-corrected chi connectivity index (χ0v) is 48.1. The van der Waals surface area contributed by atoms with E-state index in [2.05, 4.69) is 142 Å². The summed E-state index contributed by atoms with van der Waals surface area (Å²) in [6, 6.07) is 0. The zero-order chi connectivity index (χ0) is 53.6. The van der Waals surface area contributed by atoms with E-state index >= 15 is 0 Å². The second-order valence-corrected chi connectivity index (χ2v) is 19.9. The average molecular weight is 1030 g/mol. The number of hydrogen-bond donors (Lipinski definition) is 0. The van der Waals surface area contributed by atoms with Gasteiger partial charge >= 0.3 is 17.9 Å². The standard InChI is InChI=1S/C68H112O6/c1-4-7-10-13-16-19-22-24-25-26-27-28-29-30-31-32-33-34-35-36-37-38-39-40-41-42-43-44-47-49-52-55-58-61-67(70)73-64-65(63-72-66(69)60-57-54-51-48-45-21-18-15-12-9-6-3)74-68(71)62-59-56-53-50-46-23-20-17-14-11-8-5-2/h7,10,16,19,24-25,27-28,30-31,33-34,36-37,39-40,42-43,47,49,65H,4-6,8-9,11-15,17-18,20-23,26,29,32,35,38,41,44-46,48,50-64H2,1-3H3/b10-7-,19-16-,25-24-,28-27-,31-30-,34-33-,37-36-,40-39-,43-42-,49-47-. The molecule has 0 fully saturated rings. The summed E-state index contributed by atoms with van der Waals surface area (Å²) in [5.41, 5.74) is 0. The van der Waals surface area contributed by atoms with Crippen molar-refractivity contribution in [2.75, 3.05) is 13.2 Å². The minimum Gasteiger partial charge on any atom is -0.462 e. The molecule has 0 bridgehead atoms. The van der Waals surface area contributed by atoms with Gasteiger partial charge in [-0.1, -0.05) is 277 Å². The normalized spacial score (nSPS) is 13.0. The molecule has 0 heterocycles. The predicted molar refractivity (Wildman–Crippen MR) is 320 cm³/mol.